The molecule has 1 nitrogen and oxygen atoms in total. The molecule has 0 bridgehead atoms. The van der Waals surface area contributed by atoms with Crippen molar-refractivity contribution in [2.45, 2.75) is 52.0 Å². The molecule has 1 aromatic heterocycles. The first kappa shape index (κ1) is 16.3. The molecule has 21 heavy (non-hydrogen) atoms. The smallest absolute Gasteiger partial charge is 0.0156 e. The van der Waals surface area contributed by atoms with Gasteiger partial charge in [-0.3, -0.25) is 0 Å². The highest BCUT2D eigenvalue weighted by Gasteiger charge is 2.14. The Kier molecular flexibility index (Phi) is 5.60. The van der Waals surface area contributed by atoms with Crippen molar-refractivity contribution in [3.05, 3.63) is 57.8 Å². The lowest BCUT2D eigenvalue weighted by Gasteiger charge is -2.21. The van der Waals surface area contributed by atoms with Crippen molar-refractivity contribution in [2.75, 3.05) is 6.54 Å². The van der Waals surface area contributed by atoms with E-state index in [2.05, 4.69) is 74.8 Å². The van der Waals surface area contributed by atoms with Crippen LogP contribution < -0.4 is 5.32 Å². The van der Waals surface area contributed by atoms with E-state index in [-0.39, 0.29) is 5.41 Å². The minimum absolute atomic E-state index is 0.233. The Morgan fingerprint density at radius 2 is 1.76 bits per heavy atom. The average molecular weight is 301 g/mol. The molecule has 0 saturated carbocycles. The molecule has 1 N–H and O–H groups in total. The van der Waals surface area contributed by atoms with Crippen molar-refractivity contribution < 1.29 is 0 Å². The molecule has 1 heterocycles. The van der Waals surface area contributed by atoms with Gasteiger partial charge in [-0.25, -0.2) is 0 Å². The Labute approximate surface area is 133 Å². The van der Waals surface area contributed by atoms with Crippen LogP contribution in [0.15, 0.2) is 41.8 Å². The SMILES string of the molecule is CCNC(Cc1ccc(C(C)(C)C)cc1)Cc1cccs1. The van der Waals surface area contributed by atoms with Gasteiger partial charge >= 0.3 is 0 Å². The number of hydrogen-bond donors (Lipinski definition) is 1. The molecule has 1 unspecified atom stereocenters. The zero-order valence-corrected chi connectivity index (χ0v) is 14.5. The van der Waals surface area contributed by atoms with Gasteiger partial charge in [0.05, 0.1) is 0 Å². The minimum atomic E-state index is 0.233. The number of rotatable bonds is 6. The second-order valence-electron chi connectivity index (χ2n) is 6.69. The standard InChI is InChI=1S/C19H27NS/c1-5-20-17(14-18-7-6-12-21-18)13-15-8-10-16(11-9-15)19(2,3)4/h6-12,17,20H,5,13-14H2,1-4H3. The maximum absolute atomic E-state index is 3.62. The maximum Gasteiger partial charge on any atom is 0.0156 e. The number of nitrogens with one attached hydrogen (secondary N) is 1. The topological polar surface area (TPSA) is 12.0 Å². The summed E-state index contributed by atoms with van der Waals surface area (Å²) >= 11 is 1.85. The summed E-state index contributed by atoms with van der Waals surface area (Å²) in [4.78, 5) is 1.47. The molecule has 0 amide bonds. The van der Waals surface area contributed by atoms with Gasteiger partial charge in [-0.05, 0) is 47.4 Å². The van der Waals surface area contributed by atoms with Gasteiger partial charge < -0.3 is 5.32 Å². The maximum atomic E-state index is 3.62. The number of likely N-dealkylation sites (N-methyl/N-ethyl adjacent to an activating group) is 1. The van der Waals surface area contributed by atoms with Crippen molar-refractivity contribution >= 4 is 11.3 Å². The Balaban J connectivity index is 2.02. The molecule has 2 rings (SSSR count). The predicted octanol–water partition coefficient (Wildman–Crippen LogP) is 4.81. The first-order valence-electron chi connectivity index (χ1n) is 7.84. The number of thiophene rings is 1. The number of hydrogen-bond acceptors (Lipinski definition) is 2. The molecule has 0 saturated heterocycles. The first-order valence-corrected chi connectivity index (χ1v) is 8.72. The van der Waals surface area contributed by atoms with Crippen LogP contribution in [0.1, 0.15) is 43.7 Å². The monoisotopic (exact) mass is 301 g/mol. The lowest BCUT2D eigenvalue weighted by molar-refractivity contribution is 0.524. The van der Waals surface area contributed by atoms with Crippen LogP contribution in [-0.4, -0.2) is 12.6 Å². The van der Waals surface area contributed by atoms with Gasteiger partial charge in [-0.1, -0.05) is 58.0 Å². The first-order chi connectivity index (χ1) is 9.99. The molecule has 0 aliphatic heterocycles. The van der Waals surface area contributed by atoms with E-state index in [1.54, 1.807) is 0 Å². The molecular formula is C19H27NS. The van der Waals surface area contributed by atoms with Gasteiger partial charge in [-0.2, -0.15) is 0 Å². The molecule has 0 radical (unpaired) electrons. The Morgan fingerprint density at radius 1 is 1.05 bits per heavy atom. The highest BCUT2D eigenvalue weighted by atomic mass is 32.1. The molecule has 1 atom stereocenters. The van der Waals surface area contributed by atoms with Crippen LogP contribution in [0.2, 0.25) is 0 Å². The third-order valence-corrected chi connectivity index (χ3v) is 4.72. The summed E-state index contributed by atoms with van der Waals surface area (Å²) in [6.45, 7) is 10.0. The second-order valence-corrected chi connectivity index (χ2v) is 7.72. The fraction of sp³-hybridized carbons (Fsp3) is 0.474. The molecule has 0 aliphatic carbocycles. The van der Waals surface area contributed by atoms with Crippen molar-refractivity contribution in [2.24, 2.45) is 0 Å². The highest BCUT2D eigenvalue weighted by Crippen LogP contribution is 2.23. The predicted molar refractivity (Wildman–Crippen MR) is 94.3 cm³/mol. The van der Waals surface area contributed by atoms with Crippen molar-refractivity contribution in [3.63, 3.8) is 0 Å². The summed E-state index contributed by atoms with van der Waals surface area (Å²) in [7, 11) is 0. The summed E-state index contributed by atoms with van der Waals surface area (Å²) in [5.41, 5.74) is 3.06. The average Bonchev–Trinajstić information content (AvgIpc) is 2.91. The van der Waals surface area contributed by atoms with Crippen LogP contribution in [0.5, 0.6) is 0 Å². The van der Waals surface area contributed by atoms with Gasteiger partial charge in [0.15, 0.2) is 0 Å². The van der Waals surface area contributed by atoms with Crippen molar-refractivity contribution in [3.8, 4) is 0 Å². The van der Waals surface area contributed by atoms with E-state index in [0.29, 0.717) is 6.04 Å². The summed E-state index contributed by atoms with van der Waals surface area (Å²) in [6, 6.07) is 14.0. The second kappa shape index (κ2) is 7.24. The van der Waals surface area contributed by atoms with E-state index >= 15 is 0 Å². The molecule has 0 spiro atoms. The van der Waals surface area contributed by atoms with E-state index in [9.17, 15) is 0 Å². The Hall–Kier alpha value is -1.12. The molecular weight excluding hydrogens is 274 g/mol. The summed E-state index contributed by atoms with van der Waals surface area (Å²) < 4.78 is 0. The van der Waals surface area contributed by atoms with Gasteiger partial charge in [0.2, 0.25) is 0 Å². The normalized spacial score (nSPS) is 13.3. The van der Waals surface area contributed by atoms with E-state index in [0.717, 1.165) is 19.4 Å². The van der Waals surface area contributed by atoms with E-state index in [4.69, 9.17) is 0 Å². The number of benzene rings is 1. The van der Waals surface area contributed by atoms with Gasteiger partial charge in [-0.15, -0.1) is 11.3 Å². The molecule has 114 valence electrons. The lowest BCUT2D eigenvalue weighted by atomic mass is 9.86. The van der Waals surface area contributed by atoms with Crippen LogP contribution in [0.3, 0.4) is 0 Å². The van der Waals surface area contributed by atoms with E-state index in [1.807, 2.05) is 11.3 Å². The summed E-state index contributed by atoms with van der Waals surface area (Å²) in [5.74, 6) is 0. The quantitative estimate of drug-likeness (QED) is 0.807. The zero-order valence-electron chi connectivity index (χ0n) is 13.6. The van der Waals surface area contributed by atoms with Crippen LogP contribution in [-0.2, 0) is 18.3 Å². The fourth-order valence-electron chi connectivity index (χ4n) is 2.60. The van der Waals surface area contributed by atoms with E-state index in [1.165, 1.54) is 16.0 Å². The minimum Gasteiger partial charge on any atom is -0.314 e. The highest BCUT2D eigenvalue weighted by molar-refractivity contribution is 7.09. The van der Waals surface area contributed by atoms with E-state index < -0.39 is 0 Å². The Morgan fingerprint density at radius 3 is 2.29 bits per heavy atom. The molecule has 0 aliphatic rings. The third kappa shape index (κ3) is 4.98. The Bertz CT molecular complexity index is 520. The van der Waals surface area contributed by atoms with Crippen LogP contribution in [0.4, 0.5) is 0 Å². The molecule has 1 aromatic carbocycles. The molecule has 2 heteroatoms. The van der Waals surface area contributed by atoms with Crippen molar-refractivity contribution in [1.82, 2.24) is 5.32 Å². The lowest BCUT2D eigenvalue weighted by Crippen LogP contribution is -2.32. The molecule has 2 aromatic rings. The third-order valence-electron chi connectivity index (χ3n) is 3.82. The van der Waals surface area contributed by atoms with Crippen LogP contribution in [0, 0.1) is 0 Å². The van der Waals surface area contributed by atoms with Crippen LogP contribution in [0.25, 0.3) is 0 Å². The largest absolute Gasteiger partial charge is 0.314 e. The molecule has 0 fully saturated rings. The van der Waals surface area contributed by atoms with Crippen molar-refractivity contribution in [1.29, 1.82) is 0 Å². The summed E-state index contributed by atoms with van der Waals surface area (Å²) in [5, 5.41) is 5.78. The van der Waals surface area contributed by atoms with Gasteiger partial charge in [0.25, 0.3) is 0 Å². The van der Waals surface area contributed by atoms with Gasteiger partial charge in [0, 0.05) is 10.9 Å². The van der Waals surface area contributed by atoms with Gasteiger partial charge in [0.1, 0.15) is 0 Å². The van der Waals surface area contributed by atoms with Crippen LogP contribution >= 0.6 is 11.3 Å². The summed E-state index contributed by atoms with van der Waals surface area (Å²) in [6.07, 6.45) is 2.21. The fourth-order valence-corrected chi connectivity index (χ4v) is 3.39. The zero-order chi connectivity index (χ0) is 15.3.